The van der Waals surface area contributed by atoms with Crippen molar-refractivity contribution in [3.05, 3.63) is 29.8 Å². The second kappa shape index (κ2) is 7.14. The number of amides is 1. The third kappa shape index (κ3) is 4.24. The Hall–Kier alpha value is -1.55. The molecule has 1 N–H and O–H groups in total. The summed E-state index contributed by atoms with van der Waals surface area (Å²) in [5.74, 6) is 0.685. The molecule has 0 unspecified atom stereocenters. The summed E-state index contributed by atoms with van der Waals surface area (Å²) < 4.78 is 5.11. The van der Waals surface area contributed by atoms with Crippen molar-refractivity contribution in [1.82, 2.24) is 10.2 Å². The normalized spacial score (nSPS) is 15.4. The van der Waals surface area contributed by atoms with Crippen LogP contribution >= 0.6 is 0 Å². The summed E-state index contributed by atoms with van der Waals surface area (Å²) >= 11 is 0. The molecule has 1 fully saturated rings. The smallest absolute Gasteiger partial charge is 0.251 e. The van der Waals surface area contributed by atoms with E-state index in [2.05, 4.69) is 10.2 Å². The van der Waals surface area contributed by atoms with E-state index in [4.69, 9.17) is 4.74 Å². The van der Waals surface area contributed by atoms with Crippen LogP contribution in [0.1, 0.15) is 29.6 Å². The zero-order valence-electron chi connectivity index (χ0n) is 11.5. The molecule has 1 aromatic rings. The van der Waals surface area contributed by atoms with E-state index in [1.807, 2.05) is 12.1 Å². The van der Waals surface area contributed by atoms with Crippen molar-refractivity contribution in [3.63, 3.8) is 0 Å². The minimum Gasteiger partial charge on any atom is -0.497 e. The molecule has 4 nitrogen and oxygen atoms in total. The maximum absolute atomic E-state index is 11.9. The molecule has 4 heteroatoms. The fourth-order valence-electron chi connectivity index (χ4n) is 2.38. The first-order valence-corrected chi connectivity index (χ1v) is 6.94. The lowest BCUT2D eigenvalue weighted by Gasteiger charge is -2.14. The van der Waals surface area contributed by atoms with E-state index < -0.39 is 0 Å². The number of likely N-dealkylation sites (tertiary alicyclic amines) is 1. The molecule has 1 heterocycles. The molecule has 0 bridgehead atoms. The molecule has 1 saturated heterocycles. The lowest BCUT2D eigenvalue weighted by Crippen LogP contribution is -2.28. The number of carbonyl (C=O) groups is 1. The molecule has 0 aromatic heterocycles. The molecule has 1 amide bonds. The molecule has 2 rings (SSSR count). The van der Waals surface area contributed by atoms with Gasteiger partial charge in [0.25, 0.3) is 5.91 Å². The number of rotatable bonds is 6. The predicted octanol–water partition coefficient (Wildman–Crippen LogP) is 1.91. The third-order valence-electron chi connectivity index (χ3n) is 3.47. The second-order valence-electron chi connectivity index (χ2n) is 4.89. The van der Waals surface area contributed by atoms with Crippen LogP contribution in [0.5, 0.6) is 5.75 Å². The number of nitrogens with zero attached hydrogens (tertiary/aromatic N) is 1. The average Bonchev–Trinajstić information content (AvgIpc) is 2.96. The topological polar surface area (TPSA) is 41.6 Å². The Morgan fingerprint density at radius 2 is 2.16 bits per heavy atom. The van der Waals surface area contributed by atoms with E-state index in [0.717, 1.165) is 19.5 Å². The molecule has 1 aromatic carbocycles. The van der Waals surface area contributed by atoms with Crippen molar-refractivity contribution >= 4 is 5.91 Å². The Labute approximate surface area is 114 Å². The molecule has 0 aliphatic carbocycles. The maximum atomic E-state index is 11.9. The number of benzene rings is 1. The highest BCUT2D eigenvalue weighted by molar-refractivity contribution is 5.94. The number of nitrogens with one attached hydrogen (secondary N) is 1. The highest BCUT2D eigenvalue weighted by Gasteiger charge is 2.11. The Bertz CT molecular complexity index is 414. The van der Waals surface area contributed by atoms with Crippen LogP contribution in [0, 0.1) is 0 Å². The van der Waals surface area contributed by atoms with E-state index in [9.17, 15) is 4.79 Å². The molecule has 104 valence electrons. The minimum atomic E-state index is -0.0275. The highest BCUT2D eigenvalue weighted by atomic mass is 16.5. The van der Waals surface area contributed by atoms with Crippen LogP contribution in [0.4, 0.5) is 0 Å². The van der Waals surface area contributed by atoms with E-state index in [1.54, 1.807) is 19.2 Å². The van der Waals surface area contributed by atoms with Crippen LogP contribution < -0.4 is 10.1 Å². The van der Waals surface area contributed by atoms with Crippen LogP contribution in [-0.2, 0) is 0 Å². The van der Waals surface area contributed by atoms with Crippen LogP contribution in [-0.4, -0.2) is 44.1 Å². The van der Waals surface area contributed by atoms with E-state index in [1.165, 1.54) is 25.9 Å². The fraction of sp³-hybridized carbons (Fsp3) is 0.533. The van der Waals surface area contributed by atoms with Gasteiger partial charge in [-0.25, -0.2) is 0 Å². The number of hydrogen-bond acceptors (Lipinski definition) is 3. The van der Waals surface area contributed by atoms with Crippen molar-refractivity contribution in [2.24, 2.45) is 0 Å². The molecule has 0 radical (unpaired) electrons. The van der Waals surface area contributed by atoms with E-state index in [-0.39, 0.29) is 5.91 Å². The summed E-state index contributed by atoms with van der Waals surface area (Å²) in [5, 5.41) is 2.95. The number of ether oxygens (including phenoxy) is 1. The second-order valence-corrected chi connectivity index (χ2v) is 4.89. The van der Waals surface area contributed by atoms with Crippen molar-refractivity contribution in [3.8, 4) is 5.75 Å². The Kier molecular flexibility index (Phi) is 5.21. The highest BCUT2D eigenvalue weighted by Crippen LogP contribution is 2.12. The summed E-state index contributed by atoms with van der Waals surface area (Å²) in [6.07, 6.45) is 3.64. The predicted molar refractivity (Wildman–Crippen MR) is 75.6 cm³/mol. The standard InChI is InChI=1S/C15H22N2O2/c1-19-14-7-4-6-13(12-14)15(18)16-8-5-11-17-9-2-3-10-17/h4,6-7,12H,2-3,5,8-11H2,1H3,(H,16,18). The Morgan fingerprint density at radius 1 is 1.37 bits per heavy atom. The molecule has 0 atom stereocenters. The van der Waals surface area contributed by atoms with Crippen LogP contribution in [0.15, 0.2) is 24.3 Å². The van der Waals surface area contributed by atoms with Crippen molar-refractivity contribution < 1.29 is 9.53 Å². The first-order valence-electron chi connectivity index (χ1n) is 6.94. The fourth-order valence-corrected chi connectivity index (χ4v) is 2.38. The first-order chi connectivity index (χ1) is 9.29. The van der Waals surface area contributed by atoms with Gasteiger partial charge in [-0.05, 0) is 57.1 Å². The molecular weight excluding hydrogens is 240 g/mol. The maximum Gasteiger partial charge on any atom is 0.251 e. The molecule has 0 spiro atoms. The molecule has 0 saturated carbocycles. The summed E-state index contributed by atoms with van der Waals surface area (Å²) in [5.41, 5.74) is 0.653. The Balaban J connectivity index is 1.71. The van der Waals surface area contributed by atoms with Gasteiger partial charge in [0.1, 0.15) is 5.75 Å². The number of hydrogen-bond donors (Lipinski definition) is 1. The van der Waals surface area contributed by atoms with Gasteiger partial charge in [0, 0.05) is 12.1 Å². The van der Waals surface area contributed by atoms with Crippen LogP contribution in [0.3, 0.4) is 0 Å². The average molecular weight is 262 g/mol. The van der Waals surface area contributed by atoms with Gasteiger partial charge in [-0.15, -0.1) is 0 Å². The number of carbonyl (C=O) groups excluding carboxylic acids is 1. The molecular formula is C15H22N2O2. The summed E-state index contributed by atoms with van der Waals surface area (Å²) in [6, 6.07) is 7.23. The molecule has 1 aliphatic rings. The van der Waals surface area contributed by atoms with E-state index >= 15 is 0 Å². The molecule has 1 aliphatic heterocycles. The monoisotopic (exact) mass is 262 g/mol. The van der Waals surface area contributed by atoms with Gasteiger partial charge in [0.05, 0.1) is 7.11 Å². The zero-order valence-corrected chi connectivity index (χ0v) is 11.5. The quantitative estimate of drug-likeness (QED) is 0.796. The lowest BCUT2D eigenvalue weighted by molar-refractivity contribution is 0.0951. The van der Waals surface area contributed by atoms with Gasteiger partial charge in [0.2, 0.25) is 0 Å². The number of methoxy groups -OCH3 is 1. The summed E-state index contributed by atoms with van der Waals surface area (Å²) in [6.45, 7) is 4.23. The first kappa shape index (κ1) is 13.9. The van der Waals surface area contributed by atoms with Crippen molar-refractivity contribution in [2.45, 2.75) is 19.3 Å². The van der Waals surface area contributed by atoms with Crippen molar-refractivity contribution in [2.75, 3.05) is 33.3 Å². The summed E-state index contributed by atoms with van der Waals surface area (Å²) in [7, 11) is 1.60. The van der Waals surface area contributed by atoms with Crippen molar-refractivity contribution in [1.29, 1.82) is 0 Å². The van der Waals surface area contributed by atoms with Crippen LogP contribution in [0.25, 0.3) is 0 Å². The minimum absolute atomic E-state index is 0.0275. The largest absolute Gasteiger partial charge is 0.497 e. The summed E-state index contributed by atoms with van der Waals surface area (Å²) in [4.78, 5) is 14.4. The van der Waals surface area contributed by atoms with Gasteiger partial charge in [-0.3, -0.25) is 4.79 Å². The van der Waals surface area contributed by atoms with Gasteiger partial charge < -0.3 is 15.0 Å². The SMILES string of the molecule is COc1cccc(C(=O)NCCCN2CCCC2)c1. The van der Waals surface area contributed by atoms with Gasteiger partial charge >= 0.3 is 0 Å². The van der Waals surface area contributed by atoms with Gasteiger partial charge in [0.15, 0.2) is 0 Å². The molecule has 19 heavy (non-hydrogen) atoms. The third-order valence-corrected chi connectivity index (χ3v) is 3.47. The van der Waals surface area contributed by atoms with E-state index in [0.29, 0.717) is 11.3 Å². The Morgan fingerprint density at radius 3 is 2.89 bits per heavy atom. The lowest BCUT2D eigenvalue weighted by atomic mass is 10.2. The zero-order chi connectivity index (χ0) is 13.5. The van der Waals surface area contributed by atoms with Gasteiger partial charge in [-0.1, -0.05) is 6.07 Å². The van der Waals surface area contributed by atoms with Gasteiger partial charge in [-0.2, -0.15) is 0 Å². The van der Waals surface area contributed by atoms with Crippen LogP contribution in [0.2, 0.25) is 0 Å².